The molecule has 1 aromatic heterocycles. The second-order valence-electron chi connectivity index (χ2n) is 8.65. The zero-order valence-electron chi connectivity index (χ0n) is 19.7. The normalized spacial score (nSPS) is 17.6. The summed E-state index contributed by atoms with van der Waals surface area (Å²) in [6.07, 6.45) is 3.95. The van der Waals surface area contributed by atoms with Crippen LogP contribution >= 0.6 is 12.2 Å². The van der Waals surface area contributed by atoms with Gasteiger partial charge in [0.2, 0.25) is 5.95 Å². The summed E-state index contributed by atoms with van der Waals surface area (Å²) in [6.45, 7) is 0. The summed E-state index contributed by atoms with van der Waals surface area (Å²) in [5, 5.41) is 11.7. The van der Waals surface area contributed by atoms with Crippen molar-refractivity contribution in [2.24, 2.45) is 0 Å². The van der Waals surface area contributed by atoms with E-state index in [9.17, 15) is 4.79 Å². The van der Waals surface area contributed by atoms with Crippen molar-refractivity contribution in [1.29, 1.82) is 0 Å². The van der Waals surface area contributed by atoms with Crippen LogP contribution in [-0.4, -0.2) is 54.3 Å². The lowest BCUT2D eigenvalue weighted by Gasteiger charge is -2.30. The largest absolute Gasteiger partial charge is 0.465 e. The molecule has 0 atom stereocenters. The highest BCUT2D eigenvalue weighted by Gasteiger charge is 2.23. The highest BCUT2D eigenvalue weighted by Crippen LogP contribution is 2.26. The minimum absolute atomic E-state index is 0.289. The molecule has 1 heterocycles. The number of para-hydroxylation sites is 1. The zero-order valence-corrected chi connectivity index (χ0v) is 20.5. The van der Waals surface area contributed by atoms with Crippen molar-refractivity contribution in [3.8, 4) is 0 Å². The van der Waals surface area contributed by atoms with E-state index in [1.54, 1.807) is 18.2 Å². The Kier molecular flexibility index (Phi) is 7.42. The average molecular weight is 479 g/mol. The SMILES string of the molecule is COC(=O)c1cccc(NC(=S)NC2CCC(Nc3nc(N(C)C)c4ccccc4n3)CC2)c1. The number of thiocarbonyl (C=S) groups is 1. The molecular formula is C25H30N6O2S. The smallest absolute Gasteiger partial charge is 0.337 e. The van der Waals surface area contributed by atoms with E-state index in [0.29, 0.717) is 22.7 Å². The van der Waals surface area contributed by atoms with Gasteiger partial charge in [0.15, 0.2) is 5.11 Å². The molecule has 1 fully saturated rings. The van der Waals surface area contributed by atoms with Gasteiger partial charge in [-0.2, -0.15) is 4.98 Å². The maximum absolute atomic E-state index is 11.7. The third-order valence-electron chi connectivity index (χ3n) is 5.94. The predicted octanol–water partition coefficient (Wildman–Crippen LogP) is 4.19. The molecule has 0 amide bonds. The number of benzene rings is 2. The number of nitrogens with one attached hydrogen (secondary N) is 3. The maximum atomic E-state index is 11.7. The average Bonchev–Trinajstić information content (AvgIpc) is 2.84. The first kappa shape index (κ1) is 23.7. The number of fused-ring (bicyclic) bond motifs is 1. The maximum Gasteiger partial charge on any atom is 0.337 e. The van der Waals surface area contributed by atoms with Crippen molar-refractivity contribution in [2.75, 3.05) is 36.7 Å². The van der Waals surface area contributed by atoms with Crippen LogP contribution in [0.1, 0.15) is 36.0 Å². The van der Waals surface area contributed by atoms with E-state index in [1.807, 2.05) is 49.3 Å². The summed E-state index contributed by atoms with van der Waals surface area (Å²) < 4.78 is 4.78. The zero-order chi connectivity index (χ0) is 24.1. The van der Waals surface area contributed by atoms with Gasteiger partial charge in [-0.25, -0.2) is 9.78 Å². The Bertz CT molecular complexity index is 1180. The van der Waals surface area contributed by atoms with Crippen LogP contribution in [0.2, 0.25) is 0 Å². The van der Waals surface area contributed by atoms with Crippen LogP contribution in [0.5, 0.6) is 0 Å². The van der Waals surface area contributed by atoms with Crippen LogP contribution < -0.4 is 20.9 Å². The molecular weight excluding hydrogens is 448 g/mol. The number of esters is 1. The van der Waals surface area contributed by atoms with Gasteiger partial charge >= 0.3 is 5.97 Å². The van der Waals surface area contributed by atoms with Crippen LogP contribution in [0.4, 0.5) is 17.5 Å². The molecule has 0 radical (unpaired) electrons. The first-order valence-corrected chi connectivity index (χ1v) is 11.8. The van der Waals surface area contributed by atoms with E-state index in [0.717, 1.165) is 48.1 Å². The van der Waals surface area contributed by atoms with Crippen molar-refractivity contribution in [3.63, 3.8) is 0 Å². The molecule has 3 aromatic rings. The Morgan fingerprint density at radius 3 is 2.50 bits per heavy atom. The number of carbonyl (C=O) groups is 1. The van der Waals surface area contributed by atoms with E-state index >= 15 is 0 Å². The van der Waals surface area contributed by atoms with Crippen molar-refractivity contribution in [3.05, 3.63) is 54.1 Å². The fourth-order valence-electron chi connectivity index (χ4n) is 4.22. The number of methoxy groups -OCH3 is 1. The second-order valence-corrected chi connectivity index (χ2v) is 9.05. The lowest BCUT2D eigenvalue weighted by molar-refractivity contribution is 0.0601. The summed E-state index contributed by atoms with van der Waals surface area (Å²) in [6, 6.07) is 15.8. The Balaban J connectivity index is 1.31. The van der Waals surface area contributed by atoms with Crippen molar-refractivity contribution < 1.29 is 9.53 Å². The summed E-state index contributed by atoms with van der Waals surface area (Å²) in [5.41, 5.74) is 2.17. The number of hydrogen-bond acceptors (Lipinski definition) is 7. The molecule has 0 saturated heterocycles. The van der Waals surface area contributed by atoms with Gasteiger partial charge in [-0.1, -0.05) is 18.2 Å². The Morgan fingerprint density at radius 1 is 1.03 bits per heavy atom. The molecule has 8 nitrogen and oxygen atoms in total. The van der Waals surface area contributed by atoms with E-state index in [1.165, 1.54) is 7.11 Å². The highest BCUT2D eigenvalue weighted by atomic mass is 32.1. The van der Waals surface area contributed by atoms with Gasteiger partial charge < -0.3 is 25.6 Å². The predicted molar refractivity (Wildman–Crippen MR) is 141 cm³/mol. The van der Waals surface area contributed by atoms with Crippen LogP contribution in [0, 0.1) is 0 Å². The third kappa shape index (κ3) is 5.72. The van der Waals surface area contributed by atoms with E-state index in [-0.39, 0.29) is 12.0 Å². The molecule has 2 aromatic carbocycles. The fourth-order valence-corrected chi connectivity index (χ4v) is 4.51. The number of hydrogen-bond donors (Lipinski definition) is 3. The number of carbonyl (C=O) groups excluding carboxylic acids is 1. The summed E-state index contributed by atoms with van der Waals surface area (Å²) >= 11 is 5.49. The number of nitrogens with zero attached hydrogens (tertiary/aromatic N) is 3. The van der Waals surface area contributed by atoms with Crippen molar-refractivity contribution in [2.45, 2.75) is 37.8 Å². The number of aromatic nitrogens is 2. The first-order valence-electron chi connectivity index (χ1n) is 11.4. The van der Waals surface area contributed by atoms with Gasteiger partial charge in [0.05, 0.1) is 18.2 Å². The molecule has 3 N–H and O–H groups in total. The minimum atomic E-state index is -0.374. The molecule has 0 spiro atoms. The highest BCUT2D eigenvalue weighted by molar-refractivity contribution is 7.80. The molecule has 34 heavy (non-hydrogen) atoms. The van der Waals surface area contributed by atoms with Crippen LogP contribution in [-0.2, 0) is 4.74 Å². The van der Waals surface area contributed by atoms with Gasteiger partial charge in [-0.05, 0) is 68.2 Å². The van der Waals surface area contributed by atoms with Crippen molar-refractivity contribution >= 4 is 51.7 Å². The Hall–Kier alpha value is -3.46. The molecule has 1 aliphatic rings. The summed E-state index contributed by atoms with van der Waals surface area (Å²) in [5.74, 6) is 1.21. The van der Waals surface area contributed by atoms with E-state index in [2.05, 4.69) is 16.0 Å². The van der Waals surface area contributed by atoms with Crippen LogP contribution in [0.15, 0.2) is 48.5 Å². The molecule has 0 aliphatic heterocycles. The van der Waals surface area contributed by atoms with Crippen LogP contribution in [0.3, 0.4) is 0 Å². The Morgan fingerprint density at radius 2 is 1.76 bits per heavy atom. The van der Waals surface area contributed by atoms with E-state index in [4.69, 9.17) is 26.9 Å². The lowest BCUT2D eigenvalue weighted by atomic mass is 9.91. The molecule has 4 rings (SSSR count). The molecule has 0 bridgehead atoms. The molecule has 0 unspecified atom stereocenters. The summed E-state index contributed by atoms with van der Waals surface area (Å²) in [4.78, 5) is 23.2. The second kappa shape index (κ2) is 10.6. The van der Waals surface area contributed by atoms with Gasteiger partial charge in [-0.3, -0.25) is 0 Å². The Labute approximate surface area is 205 Å². The van der Waals surface area contributed by atoms with E-state index < -0.39 is 0 Å². The summed E-state index contributed by atoms with van der Waals surface area (Å²) in [7, 11) is 5.36. The number of rotatable bonds is 6. The number of anilines is 3. The third-order valence-corrected chi connectivity index (χ3v) is 6.16. The standard InChI is InChI=1S/C25H30N6O2S/c1-31(2)22-20-9-4-5-10-21(20)29-24(30-22)26-17-11-13-18(14-12-17)27-25(34)28-19-8-6-7-16(15-19)23(32)33-3/h4-10,15,17-18H,11-14H2,1-3H3,(H,26,29,30)(H2,27,28,34). The van der Waals surface area contributed by atoms with Gasteiger partial charge in [0, 0.05) is 37.3 Å². The molecule has 1 saturated carbocycles. The minimum Gasteiger partial charge on any atom is -0.465 e. The first-order chi connectivity index (χ1) is 16.4. The molecule has 9 heteroatoms. The topological polar surface area (TPSA) is 91.4 Å². The number of ether oxygens (including phenoxy) is 1. The van der Waals surface area contributed by atoms with Gasteiger partial charge in [-0.15, -0.1) is 0 Å². The monoisotopic (exact) mass is 478 g/mol. The van der Waals surface area contributed by atoms with Gasteiger partial charge in [0.25, 0.3) is 0 Å². The van der Waals surface area contributed by atoms with Crippen molar-refractivity contribution in [1.82, 2.24) is 15.3 Å². The molecule has 178 valence electrons. The quantitative estimate of drug-likeness (QED) is 0.356. The lowest BCUT2D eigenvalue weighted by Crippen LogP contribution is -2.42. The van der Waals surface area contributed by atoms with Gasteiger partial charge in [0.1, 0.15) is 5.82 Å². The molecule has 1 aliphatic carbocycles. The fraction of sp³-hybridized carbons (Fsp3) is 0.360. The van der Waals surface area contributed by atoms with Crippen LogP contribution in [0.25, 0.3) is 10.9 Å².